The molecule has 0 aromatic heterocycles. The number of allylic oxidation sites excluding steroid dienone is 2. The van der Waals surface area contributed by atoms with Gasteiger partial charge in [-0.1, -0.05) is 174 Å². The largest absolute Gasteiger partial charge is 0.479 e. The summed E-state index contributed by atoms with van der Waals surface area (Å²) in [6.45, 7) is 5.90. The van der Waals surface area contributed by atoms with Gasteiger partial charge in [-0.3, -0.25) is 14.4 Å². The van der Waals surface area contributed by atoms with Gasteiger partial charge in [0.15, 0.2) is 24.6 Å². The van der Waals surface area contributed by atoms with Crippen LogP contribution in [0.3, 0.4) is 0 Å². The zero-order chi connectivity index (χ0) is 44.8. The number of esters is 3. The molecule has 0 amide bonds. The summed E-state index contributed by atoms with van der Waals surface area (Å²) in [5, 5.41) is 31.2. The Labute approximate surface area is 369 Å². The summed E-state index contributed by atoms with van der Waals surface area (Å²) in [6.07, 6.45) is 26.5. The monoisotopic (exact) mass is 869 g/mol. The van der Waals surface area contributed by atoms with Crippen molar-refractivity contribution in [3.8, 4) is 0 Å². The maximum absolute atomic E-state index is 13.0. The molecular formula is C49H88O12. The van der Waals surface area contributed by atoms with Crippen molar-refractivity contribution in [2.75, 3.05) is 13.2 Å². The molecule has 61 heavy (non-hydrogen) atoms. The molecule has 0 radical (unpaired) electrons. The van der Waals surface area contributed by atoms with Crippen LogP contribution in [0.15, 0.2) is 12.2 Å². The number of hydrogen-bond acceptors (Lipinski definition) is 11. The molecule has 1 fully saturated rings. The summed E-state index contributed by atoms with van der Waals surface area (Å²) in [4.78, 5) is 50.5. The van der Waals surface area contributed by atoms with Gasteiger partial charge in [0.2, 0.25) is 0 Å². The quantitative estimate of drug-likeness (QED) is 0.0230. The molecule has 356 valence electrons. The van der Waals surface area contributed by atoms with E-state index in [2.05, 4.69) is 32.9 Å². The van der Waals surface area contributed by atoms with Crippen molar-refractivity contribution in [3.63, 3.8) is 0 Å². The van der Waals surface area contributed by atoms with Crippen molar-refractivity contribution in [1.29, 1.82) is 0 Å². The molecule has 6 atom stereocenters. The number of rotatable bonds is 41. The van der Waals surface area contributed by atoms with Crippen molar-refractivity contribution in [2.45, 2.75) is 263 Å². The first-order chi connectivity index (χ1) is 29.6. The summed E-state index contributed by atoms with van der Waals surface area (Å²) in [5.74, 6) is -3.12. The molecule has 0 aromatic carbocycles. The van der Waals surface area contributed by atoms with Gasteiger partial charge in [0, 0.05) is 19.3 Å². The van der Waals surface area contributed by atoms with E-state index in [9.17, 15) is 34.5 Å². The van der Waals surface area contributed by atoms with E-state index in [0.29, 0.717) is 19.3 Å². The van der Waals surface area contributed by atoms with Gasteiger partial charge in [-0.15, -0.1) is 0 Å². The van der Waals surface area contributed by atoms with Crippen LogP contribution in [-0.4, -0.2) is 89.2 Å². The lowest BCUT2D eigenvalue weighted by molar-refractivity contribution is -0.301. The van der Waals surface area contributed by atoms with Gasteiger partial charge in [0.25, 0.3) is 0 Å². The maximum Gasteiger partial charge on any atom is 0.335 e. The molecule has 12 heteroatoms. The van der Waals surface area contributed by atoms with Crippen molar-refractivity contribution >= 4 is 23.9 Å². The average Bonchev–Trinajstić information content (AvgIpc) is 3.24. The van der Waals surface area contributed by atoms with Crippen molar-refractivity contribution in [3.05, 3.63) is 12.2 Å². The van der Waals surface area contributed by atoms with E-state index in [1.165, 1.54) is 89.9 Å². The number of carboxylic acid groups (broad SMARTS) is 1. The number of hydrogen-bond donors (Lipinski definition) is 3. The first kappa shape index (κ1) is 56.5. The summed E-state index contributed by atoms with van der Waals surface area (Å²) in [5.41, 5.74) is 0. The van der Waals surface area contributed by atoms with Crippen LogP contribution in [0.5, 0.6) is 0 Å². The molecule has 0 bridgehead atoms. The Bertz CT molecular complexity index is 1130. The molecule has 0 aromatic rings. The molecule has 6 unspecified atom stereocenters. The highest BCUT2D eigenvalue weighted by molar-refractivity contribution is 5.74. The lowest BCUT2D eigenvalue weighted by Gasteiger charge is -2.40. The fourth-order valence-electron chi connectivity index (χ4n) is 7.48. The molecular weight excluding hydrogens is 781 g/mol. The first-order valence-corrected chi connectivity index (χ1v) is 24.7. The van der Waals surface area contributed by atoms with Crippen LogP contribution in [-0.2, 0) is 42.9 Å². The number of unbranched alkanes of at least 4 members (excludes halogenated alkanes) is 25. The van der Waals surface area contributed by atoms with Gasteiger partial charge in [-0.2, -0.15) is 0 Å². The van der Waals surface area contributed by atoms with Crippen LogP contribution in [0.25, 0.3) is 0 Å². The zero-order valence-electron chi connectivity index (χ0n) is 38.7. The van der Waals surface area contributed by atoms with Crippen molar-refractivity contribution in [2.24, 2.45) is 0 Å². The predicted octanol–water partition coefficient (Wildman–Crippen LogP) is 11.0. The third-order valence-corrected chi connectivity index (χ3v) is 11.3. The fraction of sp³-hybridized carbons (Fsp3) is 0.878. The summed E-state index contributed by atoms with van der Waals surface area (Å²) >= 11 is 0. The van der Waals surface area contributed by atoms with Gasteiger partial charge < -0.3 is 39.0 Å². The van der Waals surface area contributed by atoms with Crippen LogP contribution in [0.4, 0.5) is 0 Å². The van der Waals surface area contributed by atoms with Crippen molar-refractivity contribution < 1.29 is 58.2 Å². The highest BCUT2D eigenvalue weighted by Crippen LogP contribution is 2.26. The van der Waals surface area contributed by atoms with E-state index in [0.717, 1.165) is 77.0 Å². The third-order valence-electron chi connectivity index (χ3n) is 11.3. The van der Waals surface area contributed by atoms with Crippen LogP contribution < -0.4 is 0 Å². The number of carboxylic acids is 1. The van der Waals surface area contributed by atoms with E-state index in [4.69, 9.17) is 23.7 Å². The minimum atomic E-state index is -1.90. The van der Waals surface area contributed by atoms with Gasteiger partial charge >= 0.3 is 23.9 Å². The van der Waals surface area contributed by atoms with E-state index in [1.54, 1.807) is 0 Å². The Balaban J connectivity index is 2.74. The standard InChI is InChI=1S/C49H88O12/c1-4-7-10-13-16-19-20-21-22-25-28-31-34-37-43(52)60-47-45(54)44(53)46(48(55)56)61-49(47)58-39-40(59-42(51)36-33-30-27-24-18-15-12-9-6-3)38-57-41(50)35-32-29-26-23-17-14-11-8-5-2/h19-20,40,44-47,49,53-54H,4-18,21-39H2,1-3H3,(H,55,56)/b20-19-. The first-order valence-electron chi connectivity index (χ1n) is 24.7. The van der Waals surface area contributed by atoms with Crippen LogP contribution >= 0.6 is 0 Å². The molecule has 1 heterocycles. The Hall–Kier alpha value is -2.54. The van der Waals surface area contributed by atoms with E-state index < -0.39 is 67.3 Å². The fourth-order valence-corrected chi connectivity index (χ4v) is 7.48. The minimum Gasteiger partial charge on any atom is -0.479 e. The Kier molecular flexibility index (Phi) is 36.2. The Morgan fingerprint density at radius 1 is 0.525 bits per heavy atom. The molecule has 0 saturated carbocycles. The summed E-state index contributed by atoms with van der Waals surface area (Å²) in [6, 6.07) is 0. The summed E-state index contributed by atoms with van der Waals surface area (Å²) < 4.78 is 28.1. The number of carbonyl (C=O) groups is 4. The average molecular weight is 869 g/mol. The lowest BCUT2D eigenvalue weighted by Crippen LogP contribution is -2.61. The third kappa shape index (κ3) is 30.2. The highest BCUT2D eigenvalue weighted by atomic mass is 16.7. The Morgan fingerprint density at radius 3 is 1.41 bits per heavy atom. The lowest BCUT2D eigenvalue weighted by atomic mass is 9.98. The van der Waals surface area contributed by atoms with E-state index in [1.807, 2.05) is 0 Å². The molecule has 1 saturated heterocycles. The number of aliphatic hydroxyl groups excluding tert-OH is 2. The molecule has 3 N–H and O–H groups in total. The maximum atomic E-state index is 13.0. The van der Waals surface area contributed by atoms with Crippen molar-refractivity contribution in [1.82, 2.24) is 0 Å². The SMILES string of the molecule is CCCCCC/C=C\CCCCCCCC(=O)OC1C(OCC(COC(=O)CCCCCCCCCCC)OC(=O)CCCCCCCCCCC)OC(C(=O)O)C(O)C1O. The van der Waals surface area contributed by atoms with Crippen LogP contribution in [0.1, 0.15) is 226 Å². The molecule has 1 aliphatic rings. The van der Waals surface area contributed by atoms with Gasteiger partial charge in [-0.05, 0) is 44.9 Å². The topological polar surface area (TPSA) is 175 Å². The molecule has 1 aliphatic heterocycles. The number of aliphatic hydroxyl groups is 2. The van der Waals surface area contributed by atoms with Crippen LogP contribution in [0, 0.1) is 0 Å². The van der Waals surface area contributed by atoms with E-state index >= 15 is 0 Å². The predicted molar refractivity (Wildman–Crippen MR) is 239 cm³/mol. The van der Waals surface area contributed by atoms with Crippen LogP contribution in [0.2, 0.25) is 0 Å². The highest BCUT2D eigenvalue weighted by Gasteiger charge is 2.50. The number of aliphatic carboxylic acids is 1. The van der Waals surface area contributed by atoms with Gasteiger partial charge in [0.05, 0.1) is 6.61 Å². The normalized spacial score (nSPS) is 19.5. The zero-order valence-corrected chi connectivity index (χ0v) is 38.7. The second-order valence-corrected chi connectivity index (χ2v) is 17.1. The summed E-state index contributed by atoms with van der Waals surface area (Å²) in [7, 11) is 0. The second kappa shape index (κ2) is 39.1. The van der Waals surface area contributed by atoms with Gasteiger partial charge in [-0.25, -0.2) is 4.79 Å². The number of carbonyl (C=O) groups excluding carboxylic acids is 3. The molecule has 0 aliphatic carbocycles. The molecule has 1 rings (SSSR count). The molecule has 0 spiro atoms. The minimum absolute atomic E-state index is 0.0556. The second-order valence-electron chi connectivity index (χ2n) is 17.1. The van der Waals surface area contributed by atoms with E-state index in [-0.39, 0.29) is 25.9 Å². The van der Waals surface area contributed by atoms with Gasteiger partial charge in [0.1, 0.15) is 18.8 Å². The molecule has 12 nitrogen and oxygen atoms in total. The smallest absolute Gasteiger partial charge is 0.335 e. The Morgan fingerprint density at radius 2 is 0.934 bits per heavy atom. The number of ether oxygens (including phenoxy) is 5.